The van der Waals surface area contributed by atoms with Crippen LogP contribution in [-0.4, -0.2) is 43.1 Å². The third kappa shape index (κ3) is 4.03. The fourth-order valence-corrected chi connectivity index (χ4v) is 4.91. The Morgan fingerprint density at radius 2 is 1.96 bits per heavy atom. The molecule has 0 bridgehead atoms. The highest BCUT2D eigenvalue weighted by Crippen LogP contribution is 2.30. The Morgan fingerprint density at radius 3 is 2.59 bits per heavy atom. The van der Waals surface area contributed by atoms with E-state index in [1.807, 2.05) is 0 Å². The van der Waals surface area contributed by atoms with Crippen molar-refractivity contribution in [2.24, 2.45) is 0 Å². The molecule has 1 N–H and O–H groups in total. The maximum Gasteiger partial charge on any atom is 0.244 e. The van der Waals surface area contributed by atoms with Crippen molar-refractivity contribution >= 4 is 33.2 Å². The van der Waals surface area contributed by atoms with Crippen molar-refractivity contribution in [2.75, 3.05) is 13.1 Å². The van der Waals surface area contributed by atoms with Gasteiger partial charge < -0.3 is 9.84 Å². The van der Waals surface area contributed by atoms with Gasteiger partial charge in [0.05, 0.1) is 17.1 Å². The van der Waals surface area contributed by atoms with Crippen molar-refractivity contribution in [3.63, 3.8) is 0 Å². The lowest BCUT2D eigenvalue weighted by Gasteiger charge is -2.18. The molecule has 1 saturated heterocycles. The Bertz CT molecular complexity index is 1030. The number of β-amino-alcohol motifs (C(OH)–C–C–N with tert-alkyl or cyclic N) is 1. The summed E-state index contributed by atoms with van der Waals surface area (Å²) in [4.78, 5) is -0.133. The fourth-order valence-electron chi connectivity index (χ4n) is 2.69. The maximum atomic E-state index is 13.7. The lowest BCUT2D eigenvalue weighted by molar-refractivity contribution is 0.0735. The number of benzene rings is 2. The van der Waals surface area contributed by atoms with Gasteiger partial charge in [0.25, 0.3) is 0 Å². The quantitative estimate of drug-likeness (QED) is 0.804. The summed E-state index contributed by atoms with van der Waals surface area (Å²) in [5.74, 6) is -0.681. The second-order valence-corrected chi connectivity index (χ2v) is 8.62. The van der Waals surface area contributed by atoms with E-state index in [0.29, 0.717) is 5.02 Å². The fraction of sp³-hybridized carbons (Fsp3) is 0.235. The van der Waals surface area contributed by atoms with Crippen LogP contribution in [0.15, 0.2) is 41.3 Å². The number of aliphatic hydroxyl groups is 1. The molecule has 2 aromatic rings. The number of hydrogen-bond acceptors (Lipinski definition) is 5. The Morgan fingerprint density at radius 1 is 1.22 bits per heavy atom. The molecule has 2 atom stereocenters. The van der Waals surface area contributed by atoms with E-state index in [2.05, 4.69) is 0 Å². The Hall–Kier alpha value is -1.89. The monoisotopic (exact) mass is 430 g/mol. The SMILES string of the molecule is N#Cc1ccc(O[C@H]2CN(S(=O)(=O)c3ccc(Cl)cc3Cl)C[C@H]2O)cc1F. The third-order valence-electron chi connectivity index (χ3n) is 4.06. The van der Waals surface area contributed by atoms with Crippen molar-refractivity contribution < 1.29 is 22.7 Å². The van der Waals surface area contributed by atoms with Gasteiger partial charge in [0.1, 0.15) is 34.7 Å². The Kier molecular flexibility index (Phi) is 5.60. The zero-order valence-electron chi connectivity index (χ0n) is 13.6. The molecule has 142 valence electrons. The van der Waals surface area contributed by atoms with Gasteiger partial charge in [-0.1, -0.05) is 23.2 Å². The first-order valence-corrected chi connectivity index (χ1v) is 9.91. The first-order valence-electron chi connectivity index (χ1n) is 7.72. The first kappa shape index (κ1) is 19.9. The van der Waals surface area contributed by atoms with Crippen LogP contribution in [0, 0.1) is 17.1 Å². The van der Waals surface area contributed by atoms with Gasteiger partial charge in [-0.3, -0.25) is 0 Å². The molecule has 1 fully saturated rings. The number of sulfonamides is 1. The summed E-state index contributed by atoms with van der Waals surface area (Å²) in [6, 6.07) is 9.33. The van der Waals surface area contributed by atoms with Gasteiger partial charge in [-0.2, -0.15) is 9.57 Å². The van der Waals surface area contributed by atoms with Gasteiger partial charge in [0.2, 0.25) is 10.0 Å². The highest BCUT2D eigenvalue weighted by molar-refractivity contribution is 7.89. The average Bonchev–Trinajstić information content (AvgIpc) is 2.96. The number of halogens is 3. The summed E-state index contributed by atoms with van der Waals surface area (Å²) >= 11 is 11.8. The van der Waals surface area contributed by atoms with Crippen LogP contribution in [0.3, 0.4) is 0 Å². The molecule has 0 unspecified atom stereocenters. The number of nitriles is 1. The molecular weight excluding hydrogens is 418 g/mol. The molecule has 6 nitrogen and oxygen atoms in total. The van der Waals surface area contributed by atoms with Crippen LogP contribution >= 0.6 is 23.2 Å². The van der Waals surface area contributed by atoms with Gasteiger partial charge in [-0.05, 0) is 30.3 Å². The number of hydrogen-bond donors (Lipinski definition) is 1. The van der Waals surface area contributed by atoms with E-state index in [4.69, 9.17) is 33.2 Å². The molecule has 0 saturated carbocycles. The lowest BCUT2D eigenvalue weighted by Crippen LogP contribution is -2.31. The van der Waals surface area contributed by atoms with Gasteiger partial charge in [0, 0.05) is 17.6 Å². The van der Waals surface area contributed by atoms with Gasteiger partial charge >= 0.3 is 0 Å². The Labute approximate surface area is 165 Å². The maximum absolute atomic E-state index is 13.7. The van der Waals surface area contributed by atoms with Crippen molar-refractivity contribution in [2.45, 2.75) is 17.1 Å². The molecule has 0 spiro atoms. The van der Waals surface area contributed by atoms with Crippen molar-refractivity contribution in [1.82, 2.24) is 4.31 Å². The van der Waals surface area contributed by atoms with Gasteiger partial charge in [-0.15, -0.1) is 0 Å². The summed E-state index contributed by atoms with van der Waals surface area (Å²) < 4.78 is 45.8. The molecule has 3 rings (SSSR count). The predicted octanol–water partition coefficient (Wildman–Crippen LogP) is 2.82. The molecule has 10 heteroatoms. The highest BCUT2D eigenvalue weighted by atomic mass is 35.5. The van der Waals surface area contributed by atoms with E-state index in [-0.39, 0.29) is 34.3 Å². The van der Waals surface area contributed by atoms with Crippen LogP contribution in [0.2, 0.25) is 10.0 Å². The van der Waals surface area contributed by atoms with E-state index in [9.17, 15) is 17.9 Å². The molecule has 27 heavy (non-hydrogen) atoms. The lowest BCUT2D eigenvalue weighted by atomic mass is 10.2. The normalized spacial score (nSPS) is 20.4. The van der Waals surface area contributed by atoms with Crippen molar-refractivity contribution in [1.29, 1.82) is 5.26 Å². The molecule has 0 amide bonds. The molecule has 0 aliphatic carbocycles. The summed E-state index contributed by atoms with van der Waals surface area (Å²) in [6.07, 6.45) is -2.03. The smallest absolute Gasteiger partial charge is 0.244 e. The summed E-state index contributed by atoms with van der Waals surface area (Å²) in [5, 5.41) is 19.2. The summed E-state index contributed by atoms with van der Waals surface area (Å²) in [5.41, 5.74) is -0.143. The third-order valence-corrected chi connectivity index (χ3v) is 6.61. The topological polar surface area (TPSA) is 90.6 Å². The zero-order chi connectivity index (χ0) is 19.8. The highest BCUT2D eigenvalue weighted by Gasteiger charge is 2.40. The number of nitrogens with zero attached hydrogens (tertiary/aromatic N) is 2. The molecule has 1 aliphatic rings. The summed E-state index contributed by atoms with van der Waals surface area (Å²) in [6.45, 7) is -0.352. The van der Waals surface area contributed by atoms with Gasteiger partial charge in [-0.25, -0.2) is 12.8 Å². The van der Waals surface area contributed by atoms with Crippen LogP contribution in [-0.2, 0) is 10.0 Å². The van der Waals surface area contributed by atoms with E-state index in [1.165, 1.54) is 30.3 Å². The predicted molar refractivity (Wildman–Crippen MR) is 96.8 cm³/mol. The number of aliphatic hydroxyl groups excluding tert-OH is 1. The molecule has 0 radical (unpaired) electrons. The first-order chi connectivity index (χ1) is 12.7. The van der Waals surface area contributed by atoms with E-state index < -0.39 is 28.0 Å². The Balaban J connectivity index is 1.79. The number of rotatable bonds is 4. The average molecular weight is 431 g/mol. The van der Waals surface area contributed by atoms with Crippen LogP contribution in [0.25, 0.3) is 0 Å². The van der Waals surface area contributed by atoms with Crippen molar-refractivity contribution in [3.05, 3.63) is 57.8 Å². The van der Waals surface area contributed by atoms with E-state index in [0.717, 1.165) is 10.4 Å². The van der Waals surface area contributed by atoms with Crippen LogP contribution in [0.1, 0.15) is 5.56 Å². The number of ether oxygens (including phenoxy) is 1. The zero-order valence-corrected chi connectivity index (χ0v) is 16.0. The van der Waals surface area contributed by atoms with Crippen LogP contribution in [0.4, 0.5) is 4.39 Å². The molecule has 2 aromatic carbocycles. The van der Waals surface area contributed by atoms with E-state index >= 15 is 0 Å². The largest absolute Gasteiger partial charge is 0.486 e. The summed E-state index contributed by atoms with van der Waals surface area (Å²) in [7, 11) is -3.98. The van der Waals surface area contributed by atoms with Crippen LogP contribution in [0.5, 0.6) is 5.75 Å². The second kappa shape index (κ2) is 7.62. The van der Waals surface area contributed by atoms with Crippen LogP contribution < -0.4 is 4.74 Å². The molecule has 1 heterocycles. The van der Waals surface area contributed by atoms with E-state index in [1.54, 1.807) is 6.07 Å². The second-order valence-electron chi connectivity index (χ2n) is 5.87. The minimum Gasteiger partial charge on any atom is -0.486 e. The minimum absolute atomic E-state index is 0.0319. The minimum atomic E-state index is -3.98. The van der Waals surface area contributed by atoms with Crippen molar-refractivity contribution in [3.8, 4) is 11.8 Å². The molecule has 1 aliphatic heterocycles. The standard InChI is InChI=1S/C17H13Cl2FN2O4S/c18-11-2-4-17(13(19)5-11)27(24,25)22-8-15(23)16(9-22)26-12-3-1-10(7-21)14(20)6-12/h1-6,15-16,23H,8-9H2/t15-,16+/m1/s1. The molecular formula is C17H13Cl2FN2O4S. The molecule has 0 aromatic heterocycles. The van der Waals surface area contributed by atoms with Gasteiger partial charge in [0.15, 0.2) is 0 Å².